The molecule has 0 radical (unpaired) electrons. The fourth-order valence-electron chi connectivity index (χ4n) is 2.15. The zero-order valence-electron chi connectivity index (χ0n) is 14.5. The molecule has 0 aliphatic heterocycles. The van der Waals surface area contributed by atoms with Crippen molar-refractivity contribution >= 4 is 41.0 Å². The summed E-state index contributed by atoms with van der Waals surface area (Å²) in [6.07, 6.45) is 2.72. The van der Waals surface area contributed by atoms with E-state index in [1.54, 1.807) is 31.4 Å². The predicted octanol–water partition coefficient (Wildman–Crippen LogP) is 4.19. The fourth-order valence-corrected chi connectivity index (χ4v) is 2.15. The maximum Gasteiger partial charge on any atom is 0.187 e. The number of benzene rings is 2. The molecule has 0 heterocycles. The van der Waals surface area contributed by atoms with Crippen LogP contribution < -0.4 is 4.74 Å². The van der Waals surface area contributed by atoms with Crippen molar-refractivity contribution in [2.45, 2.75) is 12.8 Å². The quantitative estimate of drug-likeness (QED) is 0.664. The highest BCUT2D eigenvalue weighted by Gasteiger charge is 2.14. The normalized spacial score (nSPS) is 11.3. The average Bonchev–Trinajstić information content (AvgIpc) is 2.68. The van der Waals surface area contributed by atoms with E-state index in [-0.39, 0.29) is 24.3 Å². The van der Waals surface area contributed by atoms with Gasteiger partial charge in [-0.3, -0.25) is 20.2 Å². The van der Waals surface area contributed by atoms with Crippen LogP contribution in [-0.2, 0) is 4.79 Å². The standard InChI is InChI=1S/C20H20N4O2/c1-26-17-9-5-8-16(14-17)23-13-11-19(25)20(22)18(10-12-21)24-15-6-3-2-4-7-15/h2-9,12-14,21-22H,10-11H2,1H3. The van der Waals surface area contributed by atoms with E-state index in [0.717, 1.165) is 6.21 Å². The van der Waals surface area contributed by atoms with Gasteiger partial charge in [-0.05, 0) is 24.3 Å². The minimum absolute atomic E-state index is 0.0121. The molecular formula is C20H20N4O2. The van der Waals surface area contributed by atoms with E-state index in [0.29, 0.717) is 17.1 Å². The largest absolute Gasteiger partial charge is 0.497 e. The molecule has 0 fully saturated rings. The Labute approximate surface area is 152 Å². The molecule has 0 aliphatic carbocycles. The van der Waals surface area contributed by atoms with E-state index in [1.807, 2.05) is 30.3 Å². The van der Waals surface area contributed by atoms with E-state index in [1.165, 1.54) is 6.21 Å². The molecule has 0 saturated heterocycles. The third-order valence-corrected chi connectivity index (χ3v) is 3.45. The molecule has 0 spiro atoms. The van der Waals surface area contributed by atoms with Crippen molar-refractivity contribution in [1.29, 1.82) is 10.8 Å². The van der Waals surface area contributed by atoms with E-state index in [4.69, 9.17) is 15.6 Å². The first kappa shape index (κ1) is 18.9. The van der Waals surface area contributed by atoms with Gasteiger partial charge in [0.05, 0.1) is 24.2 Å². The van der Waals surface area contributed by atoms with Gasteiger partial charge in [-0.1, -0.05) is 24.3 Å². The van der Waals surface area contributed by atoms with Gasteiger partial charge in [0.1, 0.15) is 11.5 Å². The molecule has 0 saturated carbocycles. The molecule has 26 heavy (non-hydrogen) atoms. The van der Waals surface area contributed by atoms with Gasteiger partial charge in [0.25, 0.3) is 0 Å². The zero-order chi connectivity index (χ0) is 18.8. The molecule has 0 bridgehead atoms. The van der Waals surface area contributed by atoms with Crippen LogP contribution in [0.15, 0.2) is 64.6 Å². The number of nitrogens with zero attached hydrogens (tertiary/aromatic N) is 2. The highest BCUT2D eigenvalue weighted by Crippen LogP contribution is 2.19. The lowest BCUT2D eigenvalue weighted by atomic mass is 10.1. The van der Waals surface area contributed by atoms with Crippen molar-refractivity contribution in [1.82, 2.24) is 0 Å². The molecule has 2 rings (SSSR count). The number of hydrogen-bond acceptors (Lipinski definition) is 6. The summed E-state index contributed by atoms with van der Waals surface area (Å²) in [5, 5.41) is 15.4. The Kier molecular flexibility index (Phi) is 7.12. The van der Waals surface area contributed by atoms with Gasteiger partial charge < -0.3 is 10.1 Å². The van der Waals surface area contributed by atoms with Gasteiger partial charge in [-0.2, -0.15) is 0 Å². The third-order valence-electron chi connectivity index (χ3n) is 3.45. The average molecular weight is 348 g/mol. The highest BCUT2D eigenvalue weighted by molar-refractivity contribution is 6.68. The van der Waals surface area contributed by atoms with E-state index in [9.17, 15) is 4.79 Å². The summed E-state index contributed by atoms with van der Waals surface area (Å²) in [5.74, 6) is 0.287. The first-order chi connectivity index (χ1) is 12.6. The van der Waals surface area contributed by atoms with Crippen molar-refractivity contribution in [3.8, 4) is 5.75 Å². The number of carbonyl (C=O) groups excluding carboxylic acids is 1. The molecule has 0 aliphatic rings. The van der Waals surface area contributed by atoms with Crippen LogP contribution in [0.2, 0.25) is 0 Å². The van der Waals surface area contributed by atoms with E-state index < -0.39 is 5.78 Å². The Morgan fingerprint density at radius 1 is 1.08 bits per heavy atom. The molecule has 132 valence electrons. The summed E-state index contributed by atoms with van der Waals surface area (Å²) >= 11 is 0. The number of nitrogens with one attached hydrogen (secondary N) is 2. The summed E-state index contributed by atoms with van der Waals surface area (Å²) < 4.78 is 5.12. The second kappa shape index (κ2) is 9.78. The summed E-state index contributed by atoms with van der Waals surface area (Å²) in [7, 11) is 1.57. The van der Waals surface area contributed by atoms with Crippen LogP contribution in [0.5, 0.6) is 5.75 Å². The Bertz CT molecular complexity index is 842. The smallest absolute Gasteiger partial charge is 0.187 e. The number of rotatable bonds is 9. The fraction of sp³-hybridized carbons (Fsp3) is 0.150. The predicted molar refractivity (Wildman–Crippen MR) is 105 cm³/mol. The van der Waals surface area contributed by atoms with Crippen LogP contribution >= 0.6 is 0 Å². The number of methoxy groups -OCH3 is 1. The SMILES string of the molecule is COc1cccc(N=CCC(=O)C(=N)C(CC=N)=Nc2ccccc2)c1. The maximum atomic E-state index is 12.3. The molecule has 2 aromatic carbocycles. The topological polar surface area (TPSA) is 98.7 Å². The number of Topliss-reactive ketones (excluding diaryl/α,β-unsaturated/α-hetero) is 1. The zero-order valence-corrected chi connectivity index (χ0v) is 14.5. The van der Waals surface area contributed by atoms with Crippen LogP contribution in [0, 0.1) is 10.8 Å². The summed E-state index contributed by atoms with van der Waals surface area (Å²) in [5.41, 5.74) is 1.38. The van der Waals surface area contributed by atoms with Crippen LogP contribution in [0.3, 0.4) is 0 Å². The molecule has 2 N–H and O–H groups in total. The summed E-state index contributed by atoms with van der Waals surface area (Å²) in [6.45, 7) is 0. The van der Waals surface area contributed by atoms with Crippen molar-refractivity contribution in [3.63, 3.8) is 0 Å². The van der Waals surface area contributed by atoms with Gasteiger partial charge in [-0.25, -0.2) is 0 Å². The van der Waals surface area contributed by atoms with Crippen LogP contribution in [-0.4, -0.2) is 36.7 Å². The Balaban J connectivity index is 2.06. The maximum absolute atomic E-state index is 12.3. The first-order valence-electron chi connectivity index (χ1n) is 8.04. The van der Waals surface area contributed by atoms with E-state index >= 15 is 0 Å². The van der Waals surface area contributed by atoms with Crippen molar-refractivity contribution < 1.29 is 9.53 Å². The molecule has 0 amide bonds. The van der Waals surface area contributed by atoms with E-state index in [2.05, 4.69) is 9.98 Å². The van der Waals surface area contributed by atoms with Crippen LogP contribution in [0.1, 0.15) is 12.8 Å². The minimum atomic E-state index is -0.395. The van der Waals surface area contributed by atoms with Crippen LogP contribution in [0.4, 0.5) is 11.4 Å². The molecule has 0 aromatic heterocycles. The number of aliphatic imine (C=N–C) groups is 2. The number of carbonyl (C=O) groups is 1. The molecule has 2 aromatic rings. The molecule has 0 atom stereocenters. The minimum Gasteiger partial charge on any atom is -0.497 e. The molecule has 0 unspecified atom stereocenters. The second-order valence-electron chi connectivity index (χ2n) is 5.32. The number of ether oxygens (including phenoxy) is 1. The van der Waals surface area contributed by atoms with Gasteiger partial charge >= 0.3 is 0 Å². The Hall–Kier alpha value is -3.41. The van der Waals surface area contributed by atoms with Crippen molar-refractivity contribution in [3.05, 3.63) is 54.6 Å². The highest BCUT2D eigenvalue weighted by atomic mass is 16.5. The van der Waals surface area contributed by atoms with Gasteiger partial charge in [0.2, 0.25) is 0 Å². The second-order valence-corrected chi connectivity index (χ2v) is 5.32. The number of para-hydroxylation sites is 1. The Morgan fingerprint density at radius 2 is 1.81 bits per heavy atom. The monoisotopic (exact) mass is 348 g/mol. The number of hydrogen-bond donors (Lipinski definition) is 2. The summed E-state index contributed by atoms with van der Waals surface area (Å²) in [4.78, 5) is 20.8. The lowest BCUT2D eigenvalue weighted by Gasteiger charge is -2.04. The number of ketones is 1. The lowest BCUT2D eigenvalue weighted by molar-refractivity contribution is -0.111. The molecule has 6 heteroatoms. The Morgan fingerprint density at radius 3 is 2.50 bits per heavy atom. The van der Waals surface area contributed by atoms with Crippen molar-refractivity contribution in [2.75, 3.05) is 7.11 Å². The van der Waals surface area contributed by atoms with Crippen molar-refractivity contribution in [2.24, 2.45) is 9.98 Å². The van der Waals surface area contributed by atoms with Gasteiger partial charge in [0, 0.05) is 31.3 Å². The van der Waals surface area contributed by atoms with Gasteiger partial charge in [0.15, 0.2) is 5.78 Å². The molecular weight excluding hydrogens is 328 g/mol. The molecule has 6 nitrogen and oxygen atoms in total. The first-order valence-corrected chi connectivity index (χ1v) is 8.04. The summed E-state index contributed by atoms with van der Waals surface area (Å²) in [6, 6.07) is 16.3. The van der Waals surface area contributed by atoms with Crippen LogP contribution in [0.25, 0.3) is 0 Å². The third kappa shape index (κ3) is 5.59. The lowest BCUT2D eigenvalue weighted by Crippen LogP contribution is -2.23. The van der Waals surface area contributed by atoms with Gasteiger partial charge in [-0.15, -0.1) is 0 Å².